The van der Waals surface area contributed by atoms with Gasteiger partial charge in [0.25, 0.3) is 5.91 Å². The largest absolute Gasteiger partial charge is 0.483 e. The number of sulfonamides is 1. The molecule has 7 heteroatoms. The molecule has 162 valence electrons. The summed E-state index contributed by atoms with van der Waals surface area (Å²) in [4.78, 5) is 12.4. The number of benzene rings is 2. The van der Waals surface area contributed by atoms with E-state index in [4.69, 9.17) is 4.74 Å². The van der Waals surface area contributed by atoms with Crippen molar-refractivity contribution in [2.45, 2.75) is 63.8 Å². The van der Waals surface area contributed by atoms with Gasteiger partial charge < -0.3 is 10.1 Å². The highest BCUT2D eigenvalue weighted by atomic mass is 32.2. The zero-order valence-corrected chi connectivity index (χ0v) is 18.6. The van der Waals surface area contributed by atoms with Crippen LogP contribution < -0.4 is 14.8 Å². The molecule has 0 spiro atoms. The highest BCUT2D eigenvalue weighted by Crippen LogP contribution is 2.24. The first kappa shape index (κ1) is 22.3. The molecule has 0 bridgehead atoms. The second-order valence-corrected chi connectivity index (χ2v) is 9.73. The lowest BCUT2D eigenvalue weighted by atomic mass is 9.96. The summed E-state index contributed by atoms with van der Waals surface area (Å²) in [5.74, 6) is 0.218. The predicted molar refractivity (Wildman–Crippen MR) is 118 cm³/mol. The van der Waals surface area contributed by atoms with Crippen LogP contribution in [0.5, 0.6) is 5.75 Å². The van der Waals surface area contributed by atoms with E-state index in [1.54, 1.807) is 19.1 Å². The van der Waals surface area contributed by atoms with Crippen LogP contribution in [0.1, 0.15) is 48.8 Å². The Balaban J connectivity index is 1.59. The number of hydrogen-bond donors (Lipinski definition) is 2. The van der Waals surface area contributed by atoms with Crippen molar-refractivity contribution >= 4 is 21.6 Å². The van der Waals surface area contributed by atoms with Gasteiger partial charge in [-0.15, -0.1) is 0 Å². The average molecular weight is 431 g/mol. The van der Waals surface area contributed by atoms with Crippen molar-refractivity contribution in [1.82, 2.24) is 4.72 Å². The van der Waals surface area contributed by atoms with Crippen LogP contribution in [0.25, 0.3) is 0 Å². The number of ether oxygens (including phenoxy) is 1. The molecule has 0 heterocycles. The minimum absolute atomic E-state index is 0.00842. The fourth-order valence-corrected chi connectivity index (χ4v) is 5.01. The van der Waals surface area contributed by atoms with E-state index in [0.29, 0.717) is 11.3 Å². The Morgan fingerprint density at radius 2 is 1.70 bits per heavy atom. The maximum atomic E-state index is 12.7. The monoisotopic (exact) mass is 430 g/mol. The second-order valence-electron chi connectivity index (χ2n) is 8.02. The Morgan fingerprint density at radius 1 is 0.967 bits per heavy atom. The lowest BCUT2D eigenvalue weighted by Gasteiger charge is -2.22. The van der Waals surface area contributed by atoms with Crippen LogP contribution in [0.2, 0.25) is 0 Å². The third-order valence-corrected chi connectivity index (χ3v) is 7.05. The molecule has 6 nitrogen and oxygen atoms in total. The summed E-state index contributed by atoms with van der Waals surface area (Å²) in [6.07, 6.45) is 5.05. The van der Waals surface area contributed by atoms with Crippen molar-refractivity contribution in [1.29, 1.82) is 0 Å². The average Bonchev–Trinajstić information content (AvgIpc) is 2.70. The van der Waals surface area contributed by atoms with E-state index in [2.05, 4.69) is 10.0 Å². The SMILES string of the molecule is Cc1ccc(NC(=O)COc2ccc(S(=O)(=O)NC3CCCCC3)cc2C)cc1C. The Hall–Kier alpha value is -2.38. The van der Waals surface area contributed by atoms with Crippen LogP contribution in [0.15, 0.2) is 41.3 Å². The molecule has 0 saturated heterocycles. The number of carbonyl (C=O) groups is 1. The van der Waals surface area contributed by atoms with E-state index in [1.807, 2.05) is 32.0 Å². The molecule has 1 amide bonds. The number of aryl methyl sites for hydroxylation is 3. The summed E-state index contributed by atoms with van der Waals surface area (Å²) < 4.78 is 33.8. The number of amides is 1. The quantitative estimate of drug-likeness (QED) is 0.688. The molecule has 2 N–H and O–H groups in total. The Morgan fingerprint density at radius 3 is 2.37 bits per heavy atom. The van der Waals surface area contributed by atoms with Gasteiger partial charge in [0.2, 0.25) is 10.0 Å². The normalized spacial score (nSPS) is 15.0. The molecule has 30 heavy (non-hydrogen) atoms. The summed E-state index contributed by atoms with van der Waals surface area (Å²) in [6, 6.07) is 10.4. The van der Waals surface area contributed by atoms with Gasteiger partial charge in [-0.2, -0.15) is 0 Å². The first-order valence-corrected chi connectivity index (χ1v) is 11.9. The smallest absolute Gasteiger partial charge is 0.262 e. The molecule has 0 atom stereocenters. The predicted octanol–water partition coefficient (Wildman–Crippen LogP) is 4.24. The van der Waals surface area contributed by atoms with Gasteiger partial charge >= 0.3 is 0 Å². The molecular formula is C23H30N2O4S. The zero-order chi connectivity index (χ0) is 21.7. The third kappa shape index (κ3) is 5.83. The van der Waals surface area contributed by atoms with Gasteiger partial charge in [0.05, 0.1) is 4.90 Å². The van der Waals surface area contributed by atoms with Crippen LogP contribution in [-0.2, 0) is 14.8 Å². The van der Waals surface area contributed by atoms with Crippen molar-refractivity contribution in [3.63, 3.8) is 0 Å². The highest BCUT2D eigenvalue weighted by Gasteiger charge is 2.22. The maximum Gasteiger partial charge on any atom is 0.262 e. The molecule has 1 aliphatic rings. The molecule has 2 aromatic rings. The van der Waals surface area contributed by atoms with Crippen molar-refractivity contribution < 1.29 is 17.9 Å². The summed E-state index contributed by atoms with van der Waals surface area (Å²) in [6.45, 7) is 5.63. The molecule has 2 aromatic carbocycles. The fourth-order valence-electron chi connectivity index (χ4n) is 3.62. The standard InChI is InChI=1S/C23H30N2O4S/c1-16-9-10-20(13-17(16)2)24-23(26)15-29-22-12-11-21(14-18(22)3)30(27,28)25-19-7-5-4-6-8-19/h9-14,19,25H,4-8,15H2,1-3H3,(H,24,26). The van der Waals surface area contributed by atoms with E-state index < -0.39 is 10.0 Å². The summed E-state index contributed by atoms with van der Waals surface area (Å²) >= 11 is 0. The minimum Gasteiger partial charge on any atom is -0.483 e. The Labute approximate surface area is 179 Å². The molecule has 1 aliphatic carbocycles. The molecule has 3 rings (SSSR count). The Kier molecular flexibility index (Phi) is 7.15. The van der Waals surface area contributed by atoms with Gasteiger partial charge in [0, 0.05) is 11.7 Å². The number of rotatable bonds is 7. The molecule has 0 unspecified atom stereocenters. The van der Waals surface area contributed by atoms with E-state index in [9.17, 15) is 13.2 Å². The van der Waals surface area contributed by atoms with E-state index >= 15 is 0 Å². The second kappa shape index (κ2) is 9.62. The zero-order valence-electron chi connectivity index (χ0n) is 17.8. The molecule has 1 fully saturated rings. The molecule has 0 aromatic heterocycles. The minimum atomic E-state index is -3.56. The number of anilines is 1. The number of hydrogen-bond acceptors (Lipinski definition) is 4. The van der Waals surface area contributed by atoms with Crippen LogP contribution in [0.4, 0.5) is 5.69 Å². The van der Waals surface area contributed by atoms with Gasteiger partial charge in [-0.3, -0.25) is 4.79 Å². The molecule has 0 radical (unpaired) electrons. The molecule has 1 saturated carbocycles. The van der Waals surface area contributed by atoms with Crippen LogP contribution in [-0.4, -0.2) is 27.0 Å². The van der Waals surface area contributed by atoms with Crippen LogP contribution in [0.3, 0.4) is 0 Å². The summed E-state index contributed by atoms with van der Waals surface area (Å²) in [5.41, 5.74) is 3.65. The molecular weight excluding hydrogens is 400 g/mol. The Bertz CT molecular complexity index is 1010. The summed E-state index contributed by atoms with van der Waals surface area (Å²) in [7, 11) is -3.56. The first-order valence-electron chi connectivity index (χ1n) is 10.4. The number of nitrogens with one attached hydrogen (secondary N) is 2. The van der Waals surface area contributed by atoms with Gasteiger partial charge in [-0.25, -0.2) is 13.1 Å². The first-order chi connectivity index (χ1) is 14.2. The molecule has 0 aliphatic heterocycles. The van der Waals surface area contributed by atoms with E-state index in [0.717, 1.165) is 42.5 Å². The van der Waals surface area contributed by atoms with Crippen LogP contribution in [0, 0.1) is 20.8 Å². The van der Waals surface area contributed by atoms with Crippen molar-refractivity contribution in [3.8, 4) is 5.75 Å². The lowest BCUT2D eigenvalue weighted by molar-refractivity contribution is -0.118. The van der Waals surface area contributed by atoms with Gasteiger partial charge in [-0.1, -0.05) is 25.3 Å². The maximum absolute atomic E-state index is 12.7. The topological polar surface area (TPSA) is 84.5 Å². The summed E-state index contributed by atoms with van der Waals surface area (Å²) in [5, 5.41) is 2.81. The van der Waals surface area contributed by atoms with Crippen molar-refractivity contribution in [3.05, 3.63) is 53.1 Å². The van der Waals surface area contributed by atoms with E-state index in [1.165, 1.54) is 12.5 Å². The van der Waals surface area contributed by atoms with Crippen molar-refractivity contribution in [2.75, 3.05) is 11.9 Å². The van der Waals surface area contributed by atoms with Gasteiger partial charge in [-0.05, 0) is 80.6 Å². The highest BCUT2D eigenvalue weighted by molar-refractivity contribution is 7.89. The van der Waals surface area contributed by atoms with Crippen molar-refractivity contribution in [2.24, 2.45) is 0 Å². The lowest BCUT2D eigenvalue weighted by Crippen LogP contribution is -2.36. The number of carbonyl (C=O) groups excluding carboxylic acids is 1. The van der Waals surface area contributed by atoms with E-state index in [-0.39, 0.29) is 23.5 Å². The van der Waals surface area contributed by atoms with Gasteiger partial charge in [0.1, 0.15) is 5.75 Å². The fraction of sp³-hybridized carbons (Fsp3) is 0.435. The third-order valence-electron chi connectivity index (χ3n) is 5.53. The van der Waals surface area contributed by atoms with Gasteiger partial charge in [0.15, 0.2) is 6.61 Å². The van der Waals surface area contributed by atoms with Crippen LogP contribution >= 0.6 is 0 Å².